The molecule has 2 heterocycles. The summed E-state index contributed by atoms with van der Waals surface area (Å²) in [7, 11) is 0. The van der Waals surface area contributed by atoms with E-state index in [0.717, 1.165) is 38.0 Å². The largest absolute Gasteiger partial charge is 0.330 e. The van der Waals surface area contributed by atoms with Crippen LogP contribution < -0.4 is 5.73 Å². The third kappa shape index (κ3) is 3.44. The summed E-state index contributed by atoms with van der Waals surface area (Å²) in [5.74, 6) is 1.22. The van der Waals surface area contributed by atoms with Crippen molar-refractivity contribution in [3.8, 4) is 0 Å². The molecule has 4 nitrogen and oxygen atoms in total. The number of nitrogens with two attached hydrogens (primary N) is 1. The maximum absolute atomic E-state index is 5.63. The van der Waals surface area contributed by atoms with Crippen molar-refractivity contribution in [2.75, 3.05) is 19.6 Å². The molecule has 0 spiro atoms. The number of imidazole rings is 1. The molecule has 0 aliphatic carbocycles. The van der Waals surface area contributed by atoms with E-state index in [2.05, 4.69) is 33.7 Å². The van der Waals surface area contributed by atoms with Gasteiger partial charge in [-0.05, 0) is 57.5 Å². The molecule has 2 aromatic rings. The summed E-state index contributed by atoms with van der Waals surface area (Å²) in [5, 5.41) is 0. The van der Waals surface area contributed by atoms with E-state index in [1.807, 2.05) is 0 Å². The number of nitrogens with zero attached hydrogens (tertiary/aromatic N) is 3. The van der Waals surface area contributed by atoms with Crippen LogP contribution in [0.25, 0.3) is 11.0 Å². The van der Waals surface area contributed by atoms with Crippen molar-refractivity contribution in [2.24, 2.45) is 5.73 Å². The van der Waals surface area contributed by atoms with Gasteiger partial charge in [-0.25, -0.2) is 4.98 Å². The number of rotatable bonds is 6. The van der Waals surface area contributed by atoms with Gasteiger partial charge in [0.15, 0.2) is 0 Å². The third-order valence-electron chi connectivity index (χ3n) is 4.38. The molecule has 0 radical (unpaired) electrons. The van der Waals surface area contributed by atoms with E-state index in [1.165, 1.54) is 43.7 Å². The predicted octanol–water partition coefficient (Wildman–Crippen LogP) is 2.76. The van der Waals surface area contributed by atoms with Crippen LogP contribution >= 0.6 is 0 Å². The zero-order valence-corrected chi connectivity index (χ0v) is 12.8. The summed E-state index contributed by atoms with van der Waals surface area (Å²) >= 11 is 0. The van der Waals surface area contributed by atoms with Gasteiger partial charge in [0.05, 0.1) is 17.6 Å². The molecule has 21 heavy (non-hydrogen) atoms. The second-order valence-electron chi connectivity index (χ2n) is 6.00. The molecule has 1 saturated heterocycles. The lowest BCUT2D eigenvalue weighted by molar-refractivity contribution is 0.213. The highest BCUT2D eigenvalue weighted by atomic mass is 15.2. The highest BCUT2D eigenvalue weighted by molar-refractivity contribution is 5.75. The Hall–Kier alpha value is -1.39. The van der Waals surface area contributed by atoms with Crippen LogP contribution in [0.4, 0.5) is 0 Å². The van der Waals surface area contributed by atoms with Crippen molar-refractivity contribution in [1.29, 1.82) is 0 Å². The minimum atomic E-state index is 0.772. The van der Waals surface area contributed by atoms with Gasteiger partial charge < -0.3 is 10.3 Å². The highest BCUT2D eigenvalue weighted by Crippen LogP contribution is 2.19. The van der Waals surface area contributed by atoms with Gasteiger partial charge in [-0.3, -0.25) is 4.90 Å². The summed E-state index contributed by atoms with van der Waals surface area (Å²) in [6, 6.07) is 8.48. The van der Waals surface area contributed by atoms with Crippen molar-refractivity contribution in [3.63, 3.8) is 0 Å². The van der Waals surface area contributed by atoms with Crippen LogP contribution in [-0.2, 0) is 13.1 Å². The average molecular weight is 286 g/mol. The third-order valence-corrected chi connectivity index (χ3v) is 4.38. The number of aryl methyl sites for hydroxylation is 1. The lowest BCUT2D eigenvalue weighted by Gasteiger charge is -2.26. The van der Waals surface area contributed by atoms with Crippen molar-refractivity contribution < 1.29 is 0 Å². The molecule has 0 bridgehead atoms. The number of fused-ring (bicyclic) bond motifs is 1. The molecular formula is C17H26N4. The van der Waals surface area contributed by atoms with Gasteiger partial charge in [0, 0.05) is 6.54 Å². The first-order chi connectivity index (χ1) is 10.4. The first-order valence-corrected chi connectivity index (χ1v) is 8.25. The van der Waals surface area contributed by atoms with Gasteiger partial charge in [-0.2, -0.15) is 0 Å². The van der Waals surface area contributed by atoms with Gasteiger partial charge >= 0.3 is 0 Å². The zero-order valence-electron chi connectivity index (χ0n) is 12.8. The smallest absolute Gasteiger partial charge is 0.124 e. The van der Waals surface area contributed by atoms with Crippen LogP contribution in [0.5, 0.6) is 0 Å². The monoisotopic (exact) mass is 286 g/mol. The summed E-state index contributed by atoms with van der Waals surface area (Å²) in [6.07, 6.45) is 6.24. The fraction of sp³-hybridized carbons (Fsp3) is 0.588. The van der Waals surface area contributed by atoms with Gasteiger partial charge in [0.1, 0.15) is 5.82 Å². The molecule has 2 N–H and O–H groups in total. The standard InChI is InChI=1S/C17H26N4/c18-10-4-7-13-21-16-9-3-2-8-15(16)19-17(21)14-20-11-5-1-6-12-20/h2-3,8-9H,1,4-7,10-14,18H2. The first kappa shape index (κ1) is 14.5. The fourth-order valence-electron chi connectivity index (χ4n) is 3.23. The van der Waals surface area contributed by atoms with Gasteiger partial charge in [-0.1, -0.05) is 18.6 Å². The molecule has 0 atom stereocenters. The Kier molecular flexibility index (Phi) is 4.88. The molecule has 1 aromatic carbocycles. The van der Waals surface area contributed by atoms with Gasteiger partial charge in [0.2, 0.25) is 0 Å². The summed E-state index contributed by atoms with van der Waals surface area (Å²) in [4.78, 5) is 7.42. The van der Waals surface area contributed by atoms with E-state index in [-0.39, 0.29) is 0 Å². The van der Waals surface area contributed by atoms with Crippen molar-refractivity contribution in [3.05, 3.63) is 30.1 Å². The van der Waals surface area contributed by atoms with E-state index in [0.29, 0.717) is 0 Å². The Morgan fingerprint density at radius 2 is 1.86 bits per heavy atom. The molecule has 3 rings (SSSR count). The fourth-order valence-corrected chi connectivity index (χ4v) is 3.23. The molecule has 0 saturated carbocycles. The van der Waals surface area contributed by atoms with Crippen LogP contribution in [-0.4, -0.2) is 34.1 Å². The number of benzene rings is 1. The van der Waals surface area contributed by atoms with E-state index >= 15 is 0 Å². The number of likely N-dealkylation sites (tertiary alicyclic amines) is 1. The van der Waals surface area contributed by atoms with Crippen molar-refractivity contribution in [1.82, 2.24) is 14.5 Å². The zero-order chi connectivity index (χ0) is 14.5. The SMILES string of the molecule is NCCCCn1c(CN2CCCCC2)nc2ccccc21. The van der Waals surface area contributed by atoms with Crippen LogP contribution in [0.15, 0.2) is 24.3 Å². The molecule has 1 fully saturated rings. The topological polar surface area (TPSA) is 47.1 Å². The Morgan fingerprint density at radius 1 is 1.05 bits per heavy atom. The number of piperidine rings is 1. The Labute approximate surface area is 126 Å². The van der Waals surface area contributed by atoms with Crippen LogP contribution in [0.1, 0.15) is 37.9 Å². The molecule has 0 unspecified atom stereocenters. The van der Waals surface area contributed by atoms with Crippen LogP contribution in [0.3, 0.4) is 0 Å². The summed E-state index contributed by atoms with van der Waals surface area (Å²) in [6.45, 7) is 5.21. The van der Waals surface area contributed by atoms with Crippen LogP contribution in [0, 0.1) is 0 Å². The van der Waals surface area contributed by atoms with Gasteiger partial charge in [-0.15, -0.1) is 0 Å². The number of hydrogen-bond acceptors (Lipinski definition) is 3. The number of para-hydroxylation sites is 2. The molecular weight excluding hydrogens is 260 g/mol. The Bertz CT molecular complexity index is 569. The van der Waals surface area contributed by atoms with E-state index in [1.54, 1.807) is 0 Å². The Balaban J connectivity index is 1.82. The highest BCUT2D eigenvalue weighted by Gasteiger charge is 2.15. The van der Waals surface area contributed by atoms with E-state index in [4.69, 9.17) is 10.7 Å². The lowest BCUT2D eigenvalue weighted by Crippen LogP contribution is -2.30. The van der Waals surface area contributed by atoms with E-state index in [9.17, 15) is 0 Å². The second kappa shape index (κ2) is 7.05. The summed E-state index contributed by atoms with van der Waals surface area (Å²) < 4.78 is 2.40. The maximum Gasteiger partial charge on any atom is 0.124 e. The minimum absolute atomic E-state index is 0.772. The Morgan fingerprint density at radius 3 is 2.67 bits per heavy atom. The average Bonchev–Trinajstić information content (AvgIpc) is 2.86. The molecule has 4 heteroatoms. The minimum Gasteiger partial charge on any atom is -0.330 e. The molecule has 114 valence electrons. The predicted molar refractivity (Wildman–Crippen MR) is 87.1 cm³/mol. The van der Waals surface area contributed by atoms with Gasteiger partial charge in [0.25, 0.3) is 0 Å². The molecule has 1 aromatic heterocycles. The summed E-state index contributed by atoms with van der Waals surface area (Å²) in [5.41, 5.74) is 8.02. The second-order valence-corrected chi connectivity index (χ2v) is 6.00. The molecule has 1 aliphatic heterocycles. The first-order valence-electron chi connectivity index (χ1n) is 8.25. The normalized spacial score (nSPS) is 16.6. The lowest BCUT2D eigenvalue weighted by atomic mass is 10.1. The molecule has 1 aliphatic rings. The number of unbranched alkanes of at least 4 members (excludes halogenated alkanes) is 1. The number of hydrogen-bond donors (Lipinski definition) is 1. The van der Waals surface area contributed by atoms with Crippen molar-refractivity contribution in [2.45, 2.75) is 45.2 Å². The van der Waals surface area contributed by atoms with Crippen molar-refractivity contribution >= 4 is 11.0 Å². The molecule has 0 amide bonds. The number of aromatic nitrogens is 2. The maximum atomic E-state index is 5.63. The van der Waals surface area contributed by atoms with E-state index < -0.39 is 0 Å². The van der Waals surface area contributed by atoms with Crippen LogP contribution in [0.2, 0.25) is 0 Å². The quantitative estimate of drug-likeness (QED) is 0.831.